The van der Waals surface area contributed by atoms with Crippen LogP contribution in [0.5, 0.6) is 0 Å². The van der Waals surface area contributed by atoms with Crippen molar-refractivity contribution in [2.45, 2.75) is 64.1 Å². The molecule has 3 aromatic rings. The van der Waals surface area contributed by atoms with Gasteiger partial charge in [-0.2, -0.15) is 5.10 Å². The van der Waals surface area contributed by atoms with Crippen molar-refractivity contribution in [2.75, 3.05) is 6.61 Å². The summed E-state index contributed by atoms with van der Waals surface area (Å²) in [4.78, 5) is 41.7. The summed E-state index contributed by atoms with van der Waals surface area (Å²) in [5.74, 6) is -0.131. The summed E-state index contributed by atoms with van der Waals surface area (Å²) in [7, 11) is 0. The number of aromatic nitrogens is 5. The van der Waals surface area contributed by atoms with Crippen LogP contribution in [0.15, 0.2) is 61.3 Å². The van der Waals surface area contributed by atoms with E-state index in [1.807, 2.05) is 12.2 Å². The van der Waals surface area contributed by atoms with Crippen molar-refractivity contribution in [1.82, 2.24) is 40.7 Å². The molecule has 0 radical (unpaired) electrons. The van der Waals surface area contributed by atoms with E-state index >= 15 is 0 Å². The van der Waals surface area contributed by atoms with Gasteiger partial charge in [0.15, 0.2) is 11.8 Å². The third-order valence-electron chi connectivity index (χ3n) is 8.21. The minimum Gasteiger partial charge on any atom is -0.447 e. The fraction of sp³-hybridized carbons (Fsp3) is 0.406. The van der Waals surface area contributed by atoms with Gasteiger partial charge in [-0.3, -0.25) is 30.2 Å². The smallest absolute Gasteiger partial charge is 0.407 e. The topological polar surface area (TPSA) is 162 Å². The Morgan fingerprint density at radius 2 is 2.09 bits per heavy atom. The molecular weight excluding hydrogens is 594 g/mol. The average molecular weight is 630 g/mol. The zero-order valence-corrected chi connectivity index (χ0v) is 26.1. The summed E-state index contributed by atoms with van der Waals surface area (Å²) in [5.41, 5.74) is 1.49. The van der Waals surface area contributed by atoms with Gasteiger partial charge in [0.1, 0.15) is 18.5 Å². The molecule has 2 amide bonds. The van der Waals surface area contributed by atoms with Crippen molar-refractivity contribution in [3.63, 3.8) is 0 Å². The molecule has 3 atom stereocenters. The highest BCUT2D eigenvalue weighted by Crippen LogP contribution is 2.44. The molecule has 2 fully saturated rings. The molecule has 1 saturated carbocycles. The predicted octanol–water partition coefficient (Wildman–Crippen LogP) is 5.05. The minimum absolute atomic E-state index is 0.0614. The van der Waals surface area contributed by atoms with E-state index in [2.05, 4.69) is 62.6 Å². The van der Waals surface area contributed by atoms with Crippen LogP contribution in [0.2, 0.25) is 5.02 Å². The molecule has 1 saturated heterocycles. The van der Waals surface area contributed by atoms with Gasteiger partial charge in [0.2, 0.25) is 0 Å². The molecule has 3 heterocycles. The molecule has 3 aliphatic rings. The van der Waals surface area contributed by atoms with Crippen molar-refractivity contribution in [3.8, 4) is 11.4 Å². The molecule has 0 spiro atoms. The number of nitrogens with one attached hydrogen (secondary N) is 4. The van der Waals surface area contributed by atoms with E-state index in [9.17, 15) is 9.59 Å². The van der Waals surface area contributed by atoms with Crippen LogP contribution in [0.25, 0.3) is 17.0 Å². The molecule has 1 aliphatic heterocycles. The molecule has 6 rings (SSSR count). The van der Waals surface area contributed by atoms with Crippen molar-refractivity contribution in [2.24, 2.45) is 11.3 Å². The van der Waals surface area contributed by atoms with Crippen LogP contribution in [-0.4, -0.2) is 66.2 Å². The van der Waals surface area contributed by atoms with Gasteiger partial charge in [-0.05, 0) is 54.4 Å². The molecule has 4 N–H and O–H groups in total. The third kappa shape index (κ3) is 6.46. The fourth-order valence-corrected chi connectivity index (χ4v) is 6.29. The first-order valence-electron chi connectivity index (χ1n) is 15.0. The second kappa shape index (κ2) is 12.1. The summed E-state index contributed by atoms with van der Waals surface area (Å²) in [5, 5.41) is 22.5. The summed E-state index contributed by atoms with van der Waals surface area (Å²) >= 11 is 6.54. The van der Waals surface area contributed by atoms with Gasteiger partial charge in [-0.1, -0.05) is 56.7 Å². The highest BCUT2D eigenvalue weighted by Gasteiger charge is 2.57. The Balaban J connectivity index is 1.35. The molecule has 2 aliphatic carbocycles. The molecule has 13 heteroatoms. The predicted molar refractivity (Wildman–Crippen MR) is 169 cm³/mol. The van der Waals surface area contributed by atoms with Crippen LogP contribution < -0.4 is 10.6 Å². The lowest BCUT2D eigenvalue weighted by Gasteiger charge is -2.39. The van der Waals surface area contributed by atoms with Gasteiger partial charge in [-0.25, -0.2) is 9.78 Å². The van der Waals surface area contributed by atoms with E-state index in [1.54, 1.807) is 36.8 Å². The lowest BCUT2D eigenvalue weighted by molar-refractivity contribution is -0.136. The van der Waals surface area contributed by atoms with Crippen molar-refractivity contribution < 1.29 is 14.3 Å². The molecular formula is C32H36ClN9O3. The quantitative estimate of drug-likeness (QED) is 0.256. The summed E-state index contributed by atoms with van der Waals surface area (Å²) < 4.78 is 5.68. The number of guanidine groups is 1. The number of nitrogens with zero attached hydrogens (tertiary/aromatic N) is 5. The van der Waals surface area contributed by atoms with E-state index in [-0.39, 0.29) is 35.8 Å². The van der Waals surface area contributed by atoms with Crippen LogP contribution >= 0.6 is 11.6 Å². The van der Waals surface area contributed by atoms with E-state index in [0.29, 0.717) is 34.8 Å². The lowest BCUT2D eigenvalue weighted by atomic mass is 9.70. The Hall–Kier alpha value is -4.58. The SMILES string of the molecule is CC(C)(C)C[C@]1(C2C=CC(c3cnccn3)=CC2)NC(=N)N([C@H](COC(=O)NC2CC2)c2ccc(Cl)c(-c3ncn[nH]3)c2)C1=O. The van der Waals surface area contributed by atoms with Gasteiger partial charge < -0.3 is 15.4 Å². The normalized spacial score (nSPS) is 22.2. The average Bonchev–Trinajstić information content (AvgIpc) is 3.58. The Labute approximate surface area is 266 Å². The number of rotatable bonds is 9. The van der Waals surface area contributed by atoms with Crippen molar-refractivity contribution in [3.05, 3.63) is 77.6 Å². The largest absolute Gasteiger partial charge is 0.447 e. The van der Waals surface area contributed by atoms with Crippen LogP contribution in [0.3, 0.4) is 0 Å². The van der Waals surface area contributed by atoms with E-state index in [1.165, 1.54) is 11.2 Å². The van der Waals surface area contributed by atoms with Crippen LogP contribution in [0, 0.1) is 16.7 Å². The first-order valence-corrected chi connectivity index (χ1v) is 15.4. The summed E-state index contributed by atoms with van der Waals surface area (Å²) in [6.45, 7) is 6.06. The first kappa shape index (κ1) is 30.4. The number of H-pyrrole nitrogens is 1. The molecule has 234 valence electrons. The Kier molecular flexibility index (Phi) is 8.17. The first-order chi connectivity index (χ1) is 21.5. The molecule has 1 aromatic carbocycles. The number of hydrogen-bond donors (Lipinski definition) is 4. The van der Waals surface area contributed by atoms with Gasteiger partial charge >= 0.3 is 6.09 Å². The number of carbonyl (C=O) groups is 2. The number of halogens is 1. The van der Waals surface area contributed by atoms with Crippen molar-refractivity contribution >= 4 is 35.1 Å². The third-order valence-corrected chi connectivity index (χ3v) is 8.54. The number of allylic oxidation sites excluding steroid dienone is 3. The van der Waals surface area contributed by atoms with Crippen LogP contribution in [0.1, 0.15) is 63.8 Å². The standard InChI is InChI=1S/C32H36ClN9O3/c1-31(2,3)17-32(21-7-4-19(5-8-21)25-15-35-12-13-36-25)28(43)42(29(34)40-32)26(16-45-30(44)39-22-9-10-22)20-6-11-24(33)23(14-20)27-37-18-38-41-27/h4-7,11-15,18,21-22,26H,8-10,16-17H2,1-3H3,(H2,34,40)(H,39,44)(H,37,38,41)/t21?,26-,32-/m1/s1. The Bertz CT molecular complexity index is 1650. The lowest BCUT2D eigenvalue weighted by Crippen LogP contribution is -2.55. The molecule has 2 aromatic heterocycles. The van der Waals surface area contributed by atoms with Gasteiger partial charge in [0, 0.05) is 29.9 Å². The number of aromatic amines is 1. The summed E-state index contributed by atoms with van der Waals surface area (Å²) in [6, 6.07) is 4.55. The van der Waals surface area contributed by atoms with E-state index in [4.69, 9.17) is 21.7 Å². The van der Waals surface area contributed by atoms with Gasteiger partial charge in [0.05, 0.1) is 23.0 Å². The van der Waals surface area contributed by atoms with E-state index in [0.717, 1.165) is 24.1 Å². The Morgan fingerprint density at radius 1 is 1.27 bits per heavy atom. The zero-order valence-electron chi connectivity index (χ0n) is 25.4. The zero-order chi connectivity index (χ0) is 31.8. The number of carbonyl (C=O) groups excluding carboxylic acids is 2. The van der Waals surface area contributed by atoms with Crippen LogP contribution in [-0.2, 0) is 9.53 Å². The minimum atomic E-state index is -1.12. The molecule has 0 bridgehead atoms. The molecule has 45 heavy (non-hydrogen) atoms. The maximum atomic E-state index is 14.8. The number of amides is 2. The second-order valence-electron chi connectivity index (χ2n) is 12.9. The Morgan fingerprint density at radius 3 is 2.73 bits per heavy atom. The number of ether oxygens (including phenoxy) is 1. The maximum absolute atomic E-state index is 14.8. The highest BCUT2D eigenvalue weighted by molar-refractivity contribution is 6.33. The fourth-order valence-electron chi connectivity index (χ4n) is 6.08. The molecule has 12 nitrogen and oxygen atoms in total. The maximum Gasteiger partial charge on any atom is 0.407 e. The van der Waals surface area contributed by atoms with Gasteiger partial charge in [-0.15, -0.1) is 0 Å². The number of hydrogen-bond acceptors (Lipinski definition) is 8. The van der Waals surface area contributed by atoms with Gasteiger partial charge in [0.25, 0.3) is 5.91 Å². The van der Waals surface area contributed by atoms with Crippen LogP contribution in [0.4, 0.5) is 4.79 Å². The van der Waals surface area contributed by atoms with Crippen molar-refractivity contribution in [1.29, 1.82) is 5.41 Å². The van der Waals surface area contributed by atoms with E-state index < -0.39 is 17.7 Å². The second-order valence-corrected chi connectivity index (χ2v) is 13.3. The monoisotopic (exact) mass is 629 g/mol. The number of alkyl carbamates (subject to hydrolysis) is 1. The number of benzene rings is 1. The molecule has 1 unspecified atom stereocenters. The highest BCUT2D eigenvalue weighted by atomic mass is 35.5. The summed E-state index contributed by atoms with van der Waals surface area (Å²) in [6.07, 6.45) is 14.7.